The Labute approximate surface area is 307 Å². The van der Waals surface area contributed by atoms with Crippen LogP contribution in [0.1, 0.15) is 54.2 Å². The summed E-state index contributed by atoms with van der Waals surface area (Å²) in [7, 11) is 0. The van der Waals surface area contributed by atoms with Crippen LogP contribution in [0.3, 0.4) is 0 Å². The van der Waals surface area contributed by atoms with E-state index in [0.717, 1.165) is 101 Å². The molecule has 0 amide bonds. The molecule has 53 heavy (non-hydrogen) atoms. The summed E-state index contributed by atoms with van der Waals surface area (Å²) in [5.74, 6) is 2.02. The van der Waals surface area contributed by atoms with Crippen LogP contribution in [0.4, 0.5) is 0 Å². The first-order valence-corrected chi connectivity index (χ1v) is 18.4. The van der Waals surface area contributed by atoms with Gasteiger partial charge in [0.05, 0.1) is 6.20 Å². The molecular formula is C41H42N10O2. The maximum atomic E-state index is 11.6. The predicted octanol–water partition coefficient (Wildman–Crippen LogP) is 6.79. The van der Waals surface area contributed by atoms with Crippen molar-refractivity contribution in [2.45, 2.75) is 44.1 Å². The van der Waals surface area contributed by atoms with Crippen LogP contribution in [0.2, 0.25) is 0 Å². The Kier molecular flexibility index (Phi) is 8.82. The summed E-state index contributed by atoms with van der Waals surface area (Å²) in [5, 5.41) is 38.1. The lowest BCUT2D eigenvalue weighted by molar-refractivity contribution is 0.153. The lowest BCUT2D eigenvalue weighted by atomic mass is 9.86. The van der Waals surface area contributed by atoms with Gasteiger partial charge in [-0.1, -0.05) is 94.6 Å². The second-order valence-corrected chi connectivity index (χ2v) is 14.0. The van der Waals surface area contributed by atoms with Gasteiger partial charge >= 0.3 is 0 Å². The molecule has 0 aliphatic carbocycles. The average Bonchev–Trinajstić information content (AvgIpc) is 4.02. The highest BCUT2D eigenvalue weighted by Gasteiger charge is 2.31. The number of hydrogen-bond acceptors (Lipinski definition) is 8. The minimum Gasteiger partial charge on any atom is -0.411 e. The van der Waals surface area contributed by atoms with Gasteiger partial charge in [-0.15, -0.1) is 10.2 Å². The van der Waals surface area contributed by atoms with E-state index in [2.05, 4.69) is 49.5 Å². The van der Waals surface area contributed by atoms with Crippen LogP contribution >= 0.6 is 0 Å². The van der Waals surface area contributed by atoms with Crippen molar-refractivity contribution >= 4 is 0 Å². The summed E-state index contributed by atoms with van der Waals surface area (Å²) < 4.78 is 2.16. The third kappa shape index (κ3) is 6.40. The van der Waals surface area contributed by atoms with Crippen molar-refractivity contribution in [2.75, 3.05) is 26.2 Å². The maximum absolute atomic E-state index is 11.6. The zero-order chi connectivity index (χ0) is 35.7. The number of hydrogen-bond donors (Lipinski definition) is 5. The highest BCUT2D eigenvalue weighted by atomic mass is 16.5. The lowest BCUT2D eigenvalue weighted by Gasteiger charge is -2.23. The van der Waals surface area contributed by atoms with Gasteiger partial charge in [-0.3, -0.25) is 0 Å². The van der Waals surface area contributed by atoms with Crippen molar-refractivity contribution in [3.05, 3.63) is 120 Å². The lowest BCUT2D eigenvalue weighted by Crippen LogP contribution is -2.27. The van der Waals surface area contributed by atoms with E-state index in [1.54, 1.807) is 6.20 Å². The van der Waals surface area contributed by atoms with E-state index in [9.17, 15) is 10.4 Å². The summed E-state index contributed by atoms with van der Waals surface area (Å²) in [6.45, 7) is 4.32. The summed E-state index contributed by atoms with van der Waals surface area (Å²) in [5.41, 5.74) is 9.32. The highest BCUT2D eigenvalue weighted by Crippen LogP contribution is 2.41. The summed E-state index contributed by atoms with van der Waals surface area (Å²) in [6, 6.07) is 28.6. The van der Waals surface area contributed by atoms with Crippen LogP contribution in [0.25, 0.3) is 56.8 Å². The molecule has 12 nitrogen and oxygen atoms in total. The molecule has 0 saturated carbocycles. The summed E-state index contributed by atoms with van der Waals surface area (Å²) in [6.07, 6.45) is 9.47. The molecule has 0 spiro atoms. The number of nitrogens with zero attached hydrogens (tertiary/aromatic N) is 7. The normalized spacial score (nSPS) is 15.6. The Morgan fingerprint density at radius 1 is 0.660 bits per heavy atom. The number of aromatic amines is 1. The van der Waals surface area contributed by atoms with Gasteiger partial charge in [0, 0.05) is 46.8 Å². The molecular weight excluding hydrogens is 665 g/mol. The molecule has 0 bridgehead atoms. The Bertz CT molecular complexity index is 2310. The third-order valence-electron chi connectivity index (χ3n) is 10.7. The van der Waals surface area contributed by atoms with Gasteiger partial charge < -0.3 is 30.6 Å². The van der Waals surface area contributed by atoms with Crippen LogP contribution in [0.15, 0.2) is 104 Å². The molecule has 4 aromatic heterocycles. The van der Waals surface area contributed by atoms with Crippen LogP contribution in [-0.2, 0) is 6.54 Å². The fourth-order valence-electron chi connectivity index (χ4n) is 8.03. The minimum atomic E-state index is 0.186. The first-order chi connectivity index (χ1) is 26.1. The third-order valence-corrected chi connectivity index (χ3v) is 10.7. The number of nitrogens with one attached hydrogen (secondary N) is 3. The number of piperidine rings is 2. The molecule has 6 heterocycles. The van der Waals surface area contributed by atoms with E-state index in [4.69, 9.17) is 15.1 Å². The monoisotopic (exact) mass is 706 g/mol. The average molecular weight is 707 g/mol. The van der Waals surface area contributed by atoms with E-state index in [0.29, 0.717) is 41.1 Å². The zero-order valence-electron chi connectivity index (χ0n) is 29.4. The molecule has 0 radical (unpaired) electrons. The molecule has 2 fully saturated rings. The van der Waals surface area contributed by atoms with Crippen LogP contribution < -0.4 is 10.6 Å². The minimum absolute atomic E-state index is 0.186. The largest absolute Gasteiger partial charge is 0.411 e. The fraction of sp³-hybridized carbons (Fsp3) is 0.268. The van der Waals surface area contributed by atoms with E-state index in [1.165, 1.54) is 5.56 Å². The highest BCUT2D eigenvalue weighted by molar-refractivity contribution is 5.76. The molecule has 2 saturated heterocycles. The molecule has 268 valence electrons. The quantitative estimate of drug-likeness (QED) is 0.103. The molecule has 0 unspecified atom stereocenters. The first kappa shape index (κ1) is 32.9. The number of aromatic nitrogens is 8. The SMILES string of the molecule is On1ncc(C2CCNCC2)c1-c1c[nH]c(-c2ccc(-c3nn(O)c(-c4cn(Cc5ccccc5)c(-c5ccccc5)n4)c3C3CCNCC3)cc2)n1. The molecule has 2 aliphatic heterocycles. The number of benzene rings is 3. The van der Waals surface area contributed by atoms with Gasteiger partial charge in [-0.05, 0) is 69.3 Å². The van der Waals surface area contributed by atoms with Crippen molar-refractivity contribution in [1.29, 1.82) is 0 Å². The van der Waals surface area contributed by atoms with E-state index in [-0.39, 0.29) is 5.92 Å². The van der Waals surface area contributed by atoms with Gasteiger partial charge in [0.1, 0.15) is 40.1 Å². The maximum Gasteiger partial charge on any atom is 0.141 e. The number of rotatable bonds is 9. The van der Waals surface area contributed by atoms with Gasteiger partial charge in [0.25, 0.3) is 0 Å². The van der Waals surface area contributed by atoms with Crippen molar-refractivity contribution in [1.82, 2.24) is 50.0 Å². The second kappa shape index (κ2) is 14.2. The van der Waals surface area contributed by atoms with E-state index in [1.807, 2.05) is 73.1 Å². The van der Waals surface area contributed by atoms with Gasteiger partial charge in [-0.2, -0.15) is 0 Å². The molecule has 5 N–H and O–H groups in total. The topological polar surface area (TPSA) is 147 Å². The summed E-state index contributed by atoms with van der Waals surface area (Å²) in [4.78, 5) is 15.3. The molecule has 0 atom stereocenters. The first-order valence-electron chi connectivity index (χ1n) is 18.4. The molecule has 7 aromatic rings. The van der Waals surface area contributed by atoms with Crippen molar-refractivity contribution in [3.63, 3.8) is 0 Å². The Morgan fingerprint density at radius 2 is 1.32 bits per heavy atom. The van der Waals surface area contributed by atoms with Gasteiger partial charge in [0.2, 0.25) is 0 Å². The summed E-state index contributed by atoms with van der Waals surface area (Å²) >= 11 is 0. The molecule has 2 aliphatic rings. The Hall–Kier alpha value is -5.98. The molecule has 9 rings (SSSR count). The fourth-order valence-corrected chi connectivity index (χ4v) is 8.03. The Morgan fingerprint density at radius 3 is 2.04 bits per heavy atom. The van der Waals surface area contributed by atoms with Crippen LogP contribution in [0.5, 0.6) is 0 Å². The second-order valence-electron chi connectivity index (χ2n) is 14.0. The van der Waals surface area contributed by atoms with Crippen LogP contribution in [0, 0.1) is 0 Å². The Balaban J connectivity index is 1.07. The molecule has 3 aromatic carbocycles. The molecule has 12 heteroatoms. The van der Waals surface area contributed by atoms with Gasteiger partial charge in [-0.25, -0.2) is 9.97 Å². The predicted molar refractivity (Wildman–Crippen MR) is 203 cm³/mol. The van der Waals surface area contributed by atoms with Crippen LogP contribution in [-0.4, -0.2) is 76.0 Å². The van der Waals surface area contributed by atoms with E-state index >= 15 is 0 Å². The van der Waals surface area contributed by atoms with Gasteiger partial charge in [0.15, 0.2) is 0 Å². The zero-order valence-corrected chi connectivity index (χ0v) is 29.4. The van der Waals surface area contributed by atoms with Crippen molar-refractivity contribution in [3.8, 4) is 56.8 Å². The van der Waals surface area contributed by atoms with Crippen molar-refractivity contribution < 1.29 is 10.4 Å². The smallest absolute Gasteiger partial charge is 0.141 e. The van der Waals surface area contributed by atoms with Crippen molar-refractivity contribution in [2.24, 2.45) is 0 Å². The number of H-pyrrole nitrogens is 1. The standard InChI is InChI=1S/C41H42N10O2/c52-50-38(33(23-45-50)28-15-19-42-20-16-28)34-24-44-40(46-34)31-13-11-30(12-14-31)37-36(29-17-21-43-22-18-29)39(51(53)48-37)35-26-49(25-27-7-3-1-4-8-27)41(47-35)32-9-5-2-6-10-32/h1-14,23-24,26,28-29,42-43,52-53H,15-22,25H2,(H,44,46). The van der Waals surface area contributed by atoms with E-state index < -0.39 is 0 Å². The number of imidazole rings is 2.